The number of hydrogen-bond donors (Lipinski definition) is 1. The summed E-state index contributed by atoms with van der Waals surface area (Å²) in [6, 6.07) is 5.98. The van der Waals surface area contributed by atoms with Gasteiger partial charge in [0.15, 0.2) is 5.65 Å². The van der Waals surface area contributed by atoms with Gasteiger partial charge in [0.2, 0.25) is 0 Å². The number of fused-ring (bicyclic) bond motifs is 1. The topological polar surface area (TPSA) is 55.1 Å². The molecule has 0 aliphatic carbocycles. The second-order valence-corrected chi connectivity index (χ2v) is 8.28. The van der Waals surface area contributed by atoms with Gasteiger partial charge in [-0.1, -0.05) is 12.0 Å². The molecular weight excluding hydrogens is 354 g/mol. The lowest BCUT2D eigenvalue weighted by molar-refractivity contribution is 0.629. The number of imidazole rings is 1. The number of rotatable bonds is 3. The van der Waals surface area contributed by atoms with E-state index in [0.29, 0.717) is 0 Å². The summed E-state index contributed by atoms with van der Waals surface area (Å²) in [5, 5.41) is 3.57. The Labute approximate surface area is 162 Å². The van der Waals surface area contributed by atoms with Crippen molar-refractivity contribution in [2.75, 3.05) is 5.32 Å². The van der Waals surface area contributed by atoms with Crippen LogP contribution in [0.25, 0.3) is 26.7 Å². The summed E-state index contributed by atoms with van der Waals surface area (Å²) in [6.45, 7) is 6.36. The standard InChI is InChI=1S/C21H19N5S/c1-5-14-11-16(15-7-6-8-22-12-15)27-19(14)18-20(25-21(2,3)4)26-10-9-23-13-17(26)24-18/h1,6-13,25H,2-4H3. The van der Waals surface area contributed by atoms with E-state index in [1.165, 1.54) is 0 Å². The van der Waals surface area contributed by atoms with Crippen LogP contribution in [0.5, 0.6) is 0 Å². The highest BCUT2D eigenvalue weighted by Crippen LogP contribution is 2.41. The van der Waals surface area contributed by atoms with Gasteiger partial charge >= 0.3 is 0 Å². The quantitative estimate of drug-likeness (QED) is 0.528. The van der Waals surface area contributed by atoms with E-state index in [1.807, 2.05) is 35.0 Å². The molecule has 4 aromatic rings. The van der Waals surface area contributed by atoms with Crippen LogP contribution in [0.4, 0.5) is 5.82 Å². The first-order chi connectivity index (χ1) is 13.0. The molecule has 27 heavy (non-hydrogen) atoms. The average Bonchev–Trinajstić information content (AvgIpc) is 3.23. The smallest absolute Gasteiger partial charge is 0.157 e. The summed E-state index contributed by atoms with van der Waals surface area (Å²) < 4.78 is 2.01. The predicted molar refractivity (Wildman–Crippen MR) is 111 cm³/mol. The SMILES string of the molecule is C#Cc1cc(-c2cccnc2)sc1-c1nc2cnccn2c1NC(C)(C)C. The van der Waals surface area contributed by atoms with E-state index in [9.17, 15) is 0 Å². The Morgan fingerprint density at radius 3 is 2.70 bits per heavy atom. The Bertz CT molecular complexity index is 1140. The second kappa shape index (κ2) is 6.53. The molecule has 0 unspecified atom stereocenters. The number of hydrogen-bond acceptors (Lipinski definition) is 5. The van der Waals surface area contributed by atoms with Gasteiger partial charge in [-0.15, -0.1) is 17.8 Å². The Balaban J connectivity index is 1.94. The monoisotopic (exact) mass is 373 g/mol. The van der Waals surface area contributed by atoms with Gasteiger partial charge < -0.3 is 5.32 Å². The van der Waals surface area contributed by atoms with E-state index in [1.54, 1.807) is 29.9 Å². The number of nitrogens with zero attached hydrogens (tertiary/aromatic N) is 4. The fourth-order valence-electron chi connectivity index (χ4n) is 2.86. The van der Waals surface area contributed by atoms with Crippen molar-refractivity contribution in [1.29, 1.82) is 0 Å². The highest BCUT2D eigenvalue weighted by atomic mass is 32.1. The third kappa shape index (κ3) is 3.29. The van der Waals surface area contributed by atoms with E-state index >= 15 is 0 Å². The van der Waals surface area contributed by atoms with E-state index in [2.05, 4.69) is 42.0 Å². The third-order valence-electron chi connectivity index (χ3n) is 3.97. The molecule has 0 radical (unpaired) electrons. The number of nitrogens with one attached hydrogen (secondary N) is 1. The van der Waals surface area contributed by atoms with E-state index in [0.717, 1.165) is 38.0 Å². The Morgan fingerprint density at radius 1 is 1.19 bits per heavy atom. The van der Waals surface area contributed by atoms with Gasteiger partial charge in [0, 0.05) is 46.3 Å². The zero-order valence-corrected chi connectivity index (χ0v) is 16.2. The van der Waals surface area contributed by atoms with Crippen molar-refractivity contribution in [2.45, 2.75) is 26.3 Å². The van der Waals surface area contributed by atoms with Crippen LogP contribution in [0.3, 0.4) is 0 Å². The van der Waals surface area contributed by atoms with Crippen molar-refractivity contribution in [3.05, 3.63) is 54.7 Å². The summed E-state index contributed by atoms with van der Waals surface area (Å²) in [7, 11) is 0. The highest BCUT2D eigenvalue weighted by molar-refractivity contribution is 7.19. The summed E-state index contributed by atoms with van der Waals surface area (Å²) in [6.07, 6.45) is 14.8. The van der Waals surface area contributed by atoms with Crippen molar-refractivity contribution >= 4 is 22.8 Å². The Morgan fingerprint density at radius 2 is 2.00 bits per heavy atom. The van der Waals surface area contributed by atoms with Crippen LogP contribution < -0.4 is 5.32 Å². The molecule has 0 aliphatic heterocycles. The number of thiophene rings is 1. The molecule has 0 saturated carbocycles. The minimum absolute atomic E-state index is 0.131. The van der Waals surface area contributed by atoms with Crippen LogP contribution in [-0.4, -0.2) is 24.9 Å². The van der Waals surface area contributed by atoms with E-state index in [-0.39, 0.29) is 5.54 Å². The lowest BCUT2D eigenvalue weighted by atomic mass is 10.1. The molecule has 0 aromatic carbocycles. The van der Waals surface area contributed by atoms with Crippen molar-refractivity contribution in [2.24, 2.45) is 0 Å². The zero-order chi connectivity index (χ0) is 19.0. The van der Waals surface area contributed by atoms with Crippen molar-refractivity contribution in [3.8, 4) is 33.4 Å². The van der Waals surface area contributed by atoms with Gasteiger partial charge in [0.25, 0.3) is 0 Å². The summed E-state index contributed by atoms with van der Waals surface area (Å²) in [5.74, 6) is 3.73. The van der Waals surface area contributed by atoms with Gasteiger partial charge in [-0.2, -0.15) is 0 Å². The normalized spacial score (nSPS) is 11.5. The first-order valence-electron chi connectivity index (χ1n) is 8.58. The van der Waals surface area contributed by atoms with Crippen LogP contribution in [0, 0.1) is 12.3 Å². The van der Waals surface area contributed by atoms with E-state index < -0.39 is 0 Å². The number of aromatic nitrogens is 4. The summed E-state index contributed by atoms with van der Waals surface area (Å²) in [5.41, 5.74) is 3.35. The number of pyridine rings is 1. The van der Waals surface area contributed by atoms with Crippen molar-refractivity contribution < 1.29 is 0 Å². The molecule has 134 valence electrons. The van der Waals surface area contributed by atoms with Crippen LogP contribution in [0.2, 0.25) is 0 Å². The van der Waals surface area contributed by atoms with Gasteiger partial charge in [0.05, 0.1) is 11.1 Å². The molecule has 5 nitrogen and oxygen atoms in total. The maximum absolute atomic E-state index is 5.82. The van der Waals surface area contributed by atoms with Gasteiger partial charge in [0.1, 0.15) is 11.5 Å². The first-order valence-corrected chi connectivity index (χ1v) is 9.39. The molecule has 4 aromatic heterocycles. The van der Waals surface area contributed by atoms with Crippen LogP contribution in [0.15, 0.2) is 49.2 Å². The molecule has 0 bridgehead atoms. The average molecular weight is 373 g/mol. The molecule has 0 spiro atoms. The van der Waals surface area contributed by atoms with E-state index in [4.69, 9.17) is 11.4 Å². The molecule has 0 amide bonds. The fraction of sp³-hybridized carbons (Fsp3) is 0.190. The Kier molecular flexibility index (Phi) is 4.17. The second-order valence-electron chi connectivity index (χ2n) is 7.23. The number of anilines is 1. The van der Waals surface area contributed by atoms with Crippen LogP contribution in [-0.2, 0) is 0 Å². The maximum atomic E-state index is 5.82. The van der Waals surface area contributed by atoms with Gasteiger partial charge in [-0.25, -0.2) is 4.98 Å². The highest BCUT2D eigenvalue weighted by Gasteiger charge is 2.23. The molecule has 0 atom stereocenters. The van der Waals surface area contributed by atoms with Crippen molar-refractivity contribution in [1.82, 2.24) is 19.4 Å². The molecule has 0 aliphatic rings. The minimum Gasteiger partial charge on any atom is -0.365 e. The molecule has 1 N–H and O–H groups in total. The molecule has 6 heteroatoms. The lowest BCUT2D eigenvalue weighted by Gasteiger charge is -2.22. The first kappa shape index (κ1) is 17.3. The summed E-state index contributed by atoms with van der Waals surface area (Å²) >= 11 is 1.63. The van der Waals surface area contributed by atoms with Crippen LogP contribution >= 0.6 is 11.3 Å². The predicted octanol–water partition coefficient (Wildman–Crippen LogP) is 4.71. The third-order valence-corrected chi connectivity index (χ3v) is 5.16. The fourth-order valence-corrected chi connectivity index (χ4v) is 3.97. The molecule has 0 saturated heterocycles. The molecule has 4 heterocycles. The van der Waals surface area contributed by atoms with Crippen LogP contribution in [0.1, 0.15) is 26.3 Å². The molecule has 4 rings (SSSR count). The molecule has 0 fully saturated rings. The number of terminal acetylenes is 1. The summed E-state index contributed by atoms with van der Waals surface area (Å²) in [4.78, 5) is 15.3. The largest absolute Gasteiger partial charge is 0.365 e. The van der Waals surface area contributed by atoms with Crippen molar-refractivity contribution in [3.63, 3.8) is 0 Å². The zero-order valence-electron chi connectivity index (χ0n) is 15.4. The lowest BCUT2D eigenvalue weighted by Crippen LogP contribution is -2.27. The maximum Gasteiger partial charge on any atom is 0.157 e. The molecular formula is C21H19N5S. The minimum atomic E-state index is -0.131. The Hall–Kier alpha value is -3.17. The van der Waals surface area contributed by atoms with Gasteiger partial charge in [-0.05, 0) is 32.9 Å². The van der Waals surface area contributed by atoms with Gasteiger partial charge in [-0.3, -0.25) is 14.4 Å².